The van der Waals surface area contributed by atoms with Gasteiger partial charge in [-0.2, -0.15) is 0 Å². The molecule has 2 saturated heterocycles. The number of benzene rings is 1. The molecule has 0 spiro atoms. The Morgan fingerprint density at radius 2 is 1.97 bits per heavy atom. The van der Waals surface area contributed by atoms with E-state index in [0.717, 1.165) is 25.0 Å². The average molecular weight is 427 g/mol. The summed E-state index contributed by atoms with van der Waals surface area (Å²) < 4.78 is 16.4. The summed E-state index contributed by atoms with van der Waals surface area (Å²) in [6.07, 6.45) is 4.62. The quantitative estimate of drug-likeness (QED) is 0.736. The van der Waals surface area contributed by atoms with Crippen molar-refractivity contribution in [2.24, 2.45) is 0 Å². The third-order valence-corrected chi connectivity index (χ3v) is 6.38. The lowest BCUT2D eigenvalue weighted by Crippen LogP contribution is -2.50. The van der Waals surface area contributed by atoms with Gasteiger partial charge in [0, 0.05) is 31.7 Å². The first-order valence-electron chi connectivity index (χ1n) is 11.1. The molecule has 3 heterocycles. The normalized spacial score (nSPS) is 20.4. The van der Waals surface area contributed by atoms with Crippen LogP contribution in [0.15, 0.2) is 47.1 Å². The summed E-state index contributed by atoms with van der Waals surface area (Å²) in [5.74, 6) is 0.787. The SMILES string of the molecule is CCOc1ccc(C2(CNC(=O)C3CCCN3C(=O)c3ccco3)CCOCC2)cc1. The fourth-order valence-corrected chi connectivity index (χ4v) is 4.60. The minimum absolute atomic E-state index is 0.103. The second kappa shape index (κ2) is 9.56. The molecule has 2 amide bonds. The second-order valence-corrected chi connectivity index (χ2v) is 8.20. The molecule has 2 aliphatic heterocycles. The maximum atomic E-state index is 13.1. The molecule has 2 fully saturated rings. The molecule has 1 aromatic heterocycles. The molecule has 1 atom stereocenters. The standard InChI is InChI=1S/C24H30N2O5/c1-2-30-19-9-7-18(8-10-19)24(11-15-29-16-12-24)17-25-22(27)20-5-3-13-26(20)23(28)21-6-4-14-31-21/h4,6-10,14,20H,2-3,5,11-13,15-17H2,1H3,(H,25,27). The largest absolute Gasteiger partial charge is 0.494 e. The first kappa shape index (κ1) is 21.4. The average Bonchev–Trinajstić information content (AvgIpc) is 3.51. The van der Waals surface area contributed by atoms with Gasteiger partial charge in [0.2, 0.25) is 5.91 Å². The number of carbonyl (C=O) groups is 2. The lowest BCUT2D eigenvalue weighted by atomic mass is 9.74. The van der Waals surface area contributed by atoms with Crippen molar-refractivity contribution in [2.45, 2.75) is 44.1 Å². The summed E-state index contributed by atoms with van der Waals surface area (Å²) in [7, 11) is 0. The summed E-state index contributed by atoms with van der Waals surface area (Å²) in [5, 5.41) is 3.15. The zero-order valence-corrected chi connectivity index (χ0v) is 18.0. The number of furan rings is 1. The molecule has 1 unspecified atom stereocenters. The van der Waals surface area contributed by atoms with Crippen molar-refractivity contribution < 1.29 is 23.5 Å². The van der Waals surface area contributed by atoms with Crippen molar-refractivity contribution in [3.8, 4) is 5.75 Å². The lowest BCUT2D eigenvalue weighted by Gasteiger charge is -2.38. The van der Waals surface area contributed by atoms with Gasteiger partial charge in [0.05, 0.1) is 12.9 Å². The van der Waals surface area contributed by atoms with Crippen molar-refractivity contribution in [3.63, 3.8) is 0 Å². The topological polar surface area (TPSA) is 81.0 Å². The van der Waals surface area contributed by atoms with E-state index in [0.29, 0.717) is 39.3 Å². The van der Waals surface area contributed by atoms with Gasteiger partial charge < -0.3 is 24.1 Å². The van der Waals surface area contributed by atoms with E-state index in [1.165, 1.54) is 11.8 Å². The Hall–Kier alpha value is -2.80. The summed E-state index contributed by atoms with van der Waals surface area (Å²) in [6, 6.07) is 11.0. The molecule has 0 bridgehead atoms. The molecule has 166 valence electrons. The number of amides is 2. The molecule has 2 aliphatic rings. The third-order valence-electron chi connectivity index (χ3n) is 6.38. The van der Waals surface area contributed by atoms with Crippen LogP contribution in [0.2, 0.25) is 0 Å². The van der Waals surface area contributed by atoms with Crippen LogP contribution in [-0.4, -0.2) is 55.7 Å². The molecule has 4 rings (SSSR count). The Bertz CT molecular complexity index is 872. The van der Waals surface area contributed by atoms with Crippen LogP contribution >= 0.6 is 0 Å². The molecule has 1 aromatic carbocycles. The number of ether oxygens (including phenoxy) is 2. The fraction of sp³-hybridized carbons (Fsp3) is 0.500. The van der Waals surface area contributed by atoms with E-state index < -0.39 is 6.04 Å². The van der Waals surface area contributed by atoms with Crippen LogP contribution in [0.3, 0.4) is 0 Å². The van der Waals surface area contributed by atoms with Gasteiger partial charge in [-0.25, -0.2) is 0 Å². The van der Waals surface area contributed by atoms with E-state index >= 15 is 0 Å². The Balaban J connectivity index is 1.45. The van der Waals surface area contributed by atoms with Crippen LogP contribution in [-0.2, 0) is 14.9 Å². The van der Waals surface area contributed by atoms with Gasteiger partial charge in [0.25, 0.3) is 5.91 Å². The minimum Gasteiger partial charge on any atom is -0.494 e. The number of likely N-dealkylation sites (tertiary alicyclic amines) is 1. The van der Waals surface area contributed by atoms with E-state index in [4.69, 9.17) is 13.9 Å². The van der Waals surface area contributed by atoms with Crippen LogP contribution < -0.4 is 10.1 Å². The molecule has 2 aromatic rings. The lowest BCUT2D eigenvalue weighted by molar-refractivity contribution is -0.125. The number of carbonyl (C=O) groups excluding carboxylic acids is 2. The first-order chi connectivity index (χ1) is 15.1. The molecule has 1 N–H and O–H groups in total. The Morgan fingerprint density at radius 1 is 1.19 bits per heavy atom. The number of nitrogens with zero attached hydrogens (tertiary/aromatic N) is 1. The van der Waals surface area contributed by atoms with Gasteiger partial charge in [-0.05, 0) is 62.4 Å². The number of hydrogen-bond donors (Lipinski definition) is 1. The van der Waals surface area contributed by atoms with E-state index in [1.54, 1.807) is 17.0 Å². The van der Waals surface area contributed by atoms with Gasteiger partial charge in [-0.3, -0.25) is 9.59 Å². The maximum absolute atomic E-state index is 13.1. The van der Waals surface area contributed by atoms with E-state index in [2.05, 4.69) is 17.4 Å². The number of rotatable bonds is 7. The molecular weight excluding hydrogens is 396 g/mol. The third kappa shape index (κ3) is 4.61. The van der Waals surface area contributed by atoms with Gasteiger partial charge in [0.1, 0.15) is 11.8 Å². The zero-order chi connectivity index (χ0) is 21.7. The van der Waals surface area contributed by atoms with Crippen molar-refractivity contribution in [1.82, 2.24) is 10.2 Å². The van der Waals surface area contributed by atoms with Crippen LogP contribution in [0.4, 0.5) is 0 Å². The van der Waals surface area contributed by atoms with Gasteiger partial charge in [0.15, 0.2) is 5.76 Å². The number of hydrogen-bond acceptors (Lipinski definition) is 5. The van der Waals surface area contributed by atoms with E-state index in [-0.39, 0.29) is 23.0 Å². The van der Waals surface area contributed by atoms with E-state index in [1.807, 2.05) is 19.1 Å². The zero-order valence-electron chi connectivity index (χ0n) is 18.0. The minimum atomic E-state index is -0.463. The van der Waals surface area contributed by atoms with Crippen LogP contribution in [0.25, 0.3) is 0 Å². The molecule has 0 saturated carbocycles. The Labute approximate surface area is 182 Å². The van der Waals surface area contributed by atoms with Gasteiger partial charge in [-0.1, -0.05) is 12.1 Å². The van der Waals surface area contributed by atoms with Gasteiger partial charge >= 0.3 is 0 Å². The maximum Gasteiger partial charge on any atom is 0.290 e. The highest BCUT2D eigenvalue weighted by atomic mass is 16.5. The monoisotopic (exact) mass is 426 g/mol. The first-order valence-corrected chi connectivity index (χ1v) is 11.1. The summed E-state index contributed by atoms with van der Waals surface area (Å²) in [5.41, 5.74) is 0.988. The van der Waals surface area contributed by atoms with Crippen LogP contribution in [0.5, 0.6) is 5.75 Å². The van der Waals surface area contributed by atoms with Crippen molar-refractivity contribution in [3.05, 3.63) is 54.0 Å². The van der Waals surface area contributed by atoms with Crippen LogP contribution in [0.1, 0.15) is 48.7 Å². The molecule has 0 aliphatic carbocycles. The predicted molar refractivity (Wildman–Crippen MR) is 115 cm³/mol. The highest BCUT2D eigenvalue weighted by Gasteiger charge is 2.39. The molecule has 0 radical (unpaired) electrons. The molecule has 31 heavy (non-hydrogen) atoms. The van der Waals surface area contributed by atoms with E-state index in [9.17, 15) is 9.59 Å². The fourth-order valence-electron chi connectivity index (χ4n) is 4.60. The summed E-state index contributed by atoms with van der Waals surface area (Å²) >= 11 is 0. The molecule has 7 nitrogen and oxygen atoms in total. The molecular formula is C24H30N2O5. The second-order valence-electron chi connectivity index (χ2n) is 8.20. The van der Waals surface area contributed by atoms with Crippen molar-refractivity contribution in [1.29, 1.82) is 0 Å². The predicted octanol–water partition coefficient (Wildman–Crippen LogP) is 3.15. The highest BCUT2D eigenvalue weighted by molar-refractivity contribution is 5.96. The molecule has 7 heteroatoms. The Kier molecular flexibility index (Phi) is 6.61. The van der Waals surface area contributed by atoms with Crippen LogP contribution in [0, 0.1) is 0 Å². The highest BCUT2D eigenvalue weighted by Crippen LogP contribution is 2.35. The van der Waals surface area contributed by atoms with Crippen molar-refractivity contribution in [2.75, 3.05) is 32.9 Å². The smallest absolute Gasteiger partial charge is 0.290 e. The Morgan fingerprint density at radius 3 is 2.65 bits per heavy atom. The van der Waals surface area contributed by atoms with Crippen molar-refractivity contribution >= 4 is 11.8 Å². The summed E-state index contributed by atoms with van der Waals surface area (Å²) in [4.78, 5) is 27.4. The number of nitrogens with one attached hydrogen (secondary N) is 1. The summed E-state index contributed by atoms with van der Waals surface area (Å²) in [6.45, 7) is 5.00. The van der Waals surface area contributed by atoms with Gasteiger partial charge in [-0.15, -0.1) is 0 Å².